The predicted octanol–water partition coefficient (Wildman–Crippen LogP) is 4.93. The fourth-order valence-corrected chi connectivity index (χ4v) is 5.22. The Balaban J connectivity index is 1.45. The number of hydrogen-bond acceptors (Lipinski definition) is 4. The molecule has 4 rings (SSSR count). The highest BCUT2D eigenvalue weighted by molar-refractivity contribution is 5.87. The molecule has 0 aliphatic carbocycles. The van der Waals surface area contributed by atoms with Crippen molar-refractivity contribution in [2.75, 3.05) is 39.4 Å². The van der Waals surface area contributed by atoms with Crippen molar-refractivity contribution in [1.29, 1.82) is 0 Å². The van der Waals surface area contributed by atoms with Gasteiger partial charge in [-0.05, 0) is 80.1 Å². The molecule has 7 heteroatoms. The minimum atomic E-state index is -0.165. The van der Waals surface area contributed by atoms with Crippen LogP contribution < -0.4 is 15.4 Å². The second-order valence-corrected chi connectivity index (χ2v) is 9.74. The van der Waals surface area contributed by atoms with Gasteiger partial charge in [0.05, 0.1) is 19.3 Å². The van der Waals surface area contributed by atoms with E-state index in [9.17, 15) is 4.79 Å². The van der Waals surface area contributed by atoms with E-state index < -0.39 is 0 Å². The van der Waals surface area contributed by atoms with Gasteiger partial charge < -0.3 is 30.4 Å². The van der Waals surface area contributed by atoms with Crippen molar-refractivity contribution in [3.05, 3.63) is 64.8 Å². The number of aliphatic hydroxyl groups is 1. The Hall–Kier alpha value is -3.03. The van der Waals surface area contributed by atoms with Gasteiger partial charge in [0.1, 0.15) is 5.75 Å². The van der Waals surface area contributed by atoms with E-state index in [0.717, 1.165) is 67.6 Å². The zero-order valence-corrected chi connectivity index (χ0v) is 22.3. The summed E-state index contributed by atoms with van der Waals surface area (Å²) in [6, 6.07) is 14.7. The van der Waals surface area contributed by atoms with Gasteiger partial charge >= 0.3 is 6.03 Å². The fraction of sp³-hybridized carbons (Fsp3) is 0.500. The zero-order valence-electron chi connectivity index (χ0n) is 22.3. The van der Waals surface area contributed by atoms with Crippen molar-refractivity contribution in [2.45, 2.75) is 58.4 Å². The van der Waals surface area contributed by atoms with E-state index in [0.29, 0.717) is 26.2 Å². The lowest BCUT2D eigenvalue weighted by Crippen LogP contribution is -2.46. The summed E-state index contributed by atoms with van der Waals surface area (Å²) in [6.45, 7) is 7.94. The van der Waals surface area contributed by atoms with Gasteiger partial charge in [0.25, 0.3) is 0 Å². The standard InChI is InChI=1S/C30H42N4O3/c1-3-22-9-14-27-26(21-22)25-15-18-34(30(36)32-4-2)29(28(25)33-27)23-10-12-24(13-11-23)37-20-8-6-5-7-16-31-17-19-35/h9-14,21,29,31,33,35H,3-8,15-20H2,1-2H3,(H,32,36). The number of benzene rings is 2. The van der Waals surface area contributed by atoms with E-state index in [1.807, 2.05) is 24.0 Å². The molecule has 0 spiro atoms. The van der Waals surface area contributed by atoms with Crippen molar-refractivity contribution in [3.8, 4) is 5.75 Å². The molecule has 3 aromatic rings. The lowest BCUT2D eigenvalue weighted by Gasteiger charge is -2.36. The number of carbonyl (C=O) groups is 1. The second-order valence-electron chi connectivity index (χ2n) is 9.74. The van der Waals surface area contributed by atoms with E-state index in [-0.39, 0.29) is 18.7 Å². The van der Waals surface area contributed by atoms with Crippen LogP contribution in [0.4, 0.5) is 4.79 Å². The number of carbonyl (C=O) groups excluding carboxylic acids is 1. The molecule has 4 N–H and O–H groups in total. The van der Waals surface area contributed by atoms with Gasteiger partial charge in [-0.3, -0.25) is 0 Å². The van der Waals surface area contributed by atoms with Crippen LogP contribution in [0.5, 0.6) is 5.75 Å². The second kappa shape index (κ2) is 13.5. The zero-order chi connectivity index (χ0) is 26.0. The van der Waals surface area contributed by atoms with Crippen LogP contribution in [-0.2, 0) is 12.8 Å². The highest BCUT2D eigenvalue weighted by Gasteiger charge is 2.34. The minimum Gasteiger partial charge on any atom is -0.494 e. The van der Waals surface area contributed by atoms with Crippen molar-refractivity contribution < 1.29 is 14.6 Å². The Morgan fingerprint density at radius 2 is 1.89 bits per heavy atom. The smallest absolute Gasteiger partial charge is 0.318 e. The van der Waals surface area contributed by atoms with Crippen molar-refractivity contribution in [2.24, 2.45) is 0 Å². The number of unbranched alkanes of at least 4 members (excludes halogenated alkanes) is 3. The number of amides is 2. The number of ether oxygens (including phenoxy) is 1. The molecule has 2 heterocycles. The number of aliphatic hydroxyl groups excluding tert-OH is 1. The number of fused-ring (bicyclic) bond motifs is 3. The summed E-state index contributed by atoms with van der Waals surface area (Å²) in [4.78, 5) is 18.6. The molecule has 0 saturated heterocycles. The number of urea groups is 1. The van der Waals surface area contributed by atoms with Gasteiger partial charge in [-0.2, -0.15) is 0 Å². The van der Waals surface area contributed by atoms with Crippen molar-refractivity contribution in [3.63, 3.8) is 0 Å². The summed E-state index contributed by atoms with van der Waals surface area (Å²) < 4.78 is 6.00. The average Bonchev–Trinajstić information content (AvgIpc) is 3.30. The molecule has 1 aliphatic heterocycles. The van der Waals surface area contributed by atoms with Gasteiger partial charge in [0, 0.05) is 36.2 Å². The third-order valence-corrected chi connectivity index (χ3v) is 7.19. The molecule has 0 saturated carbocycles. The molecule has 7 nitrogen and oxygen atoms in total. The van der Waals surface area contributed by atoms with E-state index in [2.05, 4.69) is 52.9 Å². The molecule has 0 radical (unpaired) electrons. The largest absolute Gasteiger partial charge is 0.494 e. The monoisotopic (exact) mass is 506 g/mol. The van der Waals surface area contributed by atoms with Gasteiger partial charge in [-0.15, -0.1) is 0 Å². The van der Waals surface area contributed by atoms with Crippen LogP contribution in [0.25, 0.3) is 10.9 Å². The van der Waals surface area contributed by atoms with E-state index in [1.54, 1.807) is 0 Å². The summed E-state index contributed by atoms with van der Waals surface area (Å²) >= 11 is 0. The third-order valence-electron chi connectivity index (χ3n) is 7.19. The highest BCUT2D eigenvalue weighted by Crippen LogP contribution is 2.39. The number of nitrogens with zero attached hydrogens (tertiary/aromatic N) is 1. The van der Waals surface area contributed by atoms with Gasteiger partial charge in [-0.25, -0.2) is 4.79 Å². The number of aromatic nitrogens is 1. The topological polar surface area (TPSA) is 89.6 Å². The molecule has 1 unspecified atom stereocenters. The minimum absolute atomic E-state index is 0.0297. The Morgan fingerprint density at radius 3 is 2.65 bits per heavy atom. The first-order valence-corrected chi connectivity index (χ1v) is 13.9. The van der Waals surface area contributed by atoms with E-state index >= 15 is 0 Å². The van der Waals surface area contributed by atoms with E-state index in [4.69, 9.17) is 9.84 Å². The van der Waals surface area contributed by atoms with Gasteiger partial charge in [0.2, 0.25) is 0 Å². The van der Waals surface area contributed by atoms with Crippen LogP contribution in [0.15, 0.2) is 42.5 Å². The van der Waals surface area contributed by atoms with E-state index in [1.165, 1.54) is 16.5 Å². The first-order valence-electron chi connectivity index (χ1n) is 13.9. The molecule has 2 aromatic carbocycles. The molecule has 1 aromatic heterocycles. The summed E-state index contributed by atoms with van der Waals surface area (Å²) in [6.07, 6.45) is 6.28. The van der Waals surface area contributed by atoms with Crippen LogP contribution in [0.3, 0.4) is 0 Å². The fourth-order valence-electron chi connectivity index (χ4n) is 5.22. The molecular weight excluding hydrogens is 464 g/mol. The van der Waals surface area contributed by atoms with Crippen LogP contribution in [0.1, 0.15) is 68.0 Å². The van der Waals surface area contributed by atoms with Gasteiger partial charge in [-0.1, -0.05) is 38.0 Å². The Morgan fingerprint density at radius 1 is 1.08 bits per heavy atom. The number of hydrogen-bond donors (Lipinski definition) is 4. The Labute approximate surface area is 220 Å². The Kier molecular flexibility index (Phi) is 9.85. The summed E-state index contributed by atoms with van der Waals surface area (Å²) in [7, 11) is 0. The predicted molar refractivity (Wildman–Crippen MR) is 149 cm³/mol. The lowest BCUT2D eigenvalue weighted by atomic mass is 9.92. The maximum Gasteiger partial charge on any atom is 0.318 e. The normalized spacial score (nSPS) is 15.1. The molecule has 37 heavy (non-hydrogen) atoms. The van der Waals surface area contributed by atoms with Crippen LogP contribution in [-0.4, -0.2) is 60.4 Å². The molecule has 1 atom stereocenters. The number of nitrogens with one attached hydrogen (secondary N) is 3. The number of aryl methyl sites for hydroxylation is 1. The third kappa shape index (κ3) is 6.65. The average molecular weight is 507 g/mol. The van der Waals surface area contributed by atoms with Crippen molar-refractivity contribution >= 4 is 16.9 Å². The first kappa shape index (κ1) is 27.0. The summed E-state index contributed by atoms with van der Waals surface area (Å²) in [5, 5.41) is 16.3. The molecule has 1 aliphatic rings. The first-order chi connectivity index (χ1) is 18.2. The van der Waals surface area contributed by atoms with Crippen LogP contribution >= 0.6 is 0 Å². The Bertz CT molecular complexity index is 1140. The molecular formula is C30H42N4O3. The maximum atomic E-state index is 13.0. The maximum absolute atomic E-state index is 13.0. The number of H-pyrrole nitrogens is 1. The van der Waals surface area contributed by atoms with Crippen LogP contribution in [0.2, 0.25) is 0 Å². The molecule has 0 fully saturated rings. The molecule has 2 amide bonds. The van der Waals surface area contributed by atoms with Crippen LogP contribution in [0, 0.1) is 0 Å². The number of aromatic amines is 1. The van der Waals surface area contributed by atoms with Crippen molar-refractivity contribution in [1.82, 2.24) is 20.5 Å². The SMILES string of the molecule is CCNC(=O)N1CCc2c([nH]c3ccc(CC)cc23)C1c1ccc(OCCCCCCNCCO)cc1. The quantitative estimate of drug-likeness (QED) is 0.248. The van der Waals surface area contributed by atoms with Gasteiger partial charge in [0.15, 0.2) is 0 Å². The lowest BCUT2D eigenvalue weighted by molar-refractivity contribution is 0.180. The summed E-state index contributed by atoms with van der Waals surface area (Å²) in [5.74, 6) is 0.859. The molecule has 200 valence electrons. The number of rotatable bonds is 13. The molecule has 0 bridgehead atoms. The summed E-state index contributed by atoms with van der Waals surface area (Å²) in [5.41, 5.74) is 5.98. The highest BCUT2D eigenvalue weighted by atomic mass is 16.5.